The zero-order chi connectivity index (χ0) is 20.6. The van der Waals surface area contributed by atoms with Crippen LogP contribution in [-0.2, 0) is 9.53 Å². The molecule has 1 N–H and O–H groups in total. The second kappa shape index (κ2) is 9.84. The Kier molecular flexibility index (Phi) is 6.97. The highest BCUT2D eigenvalue weighted by Gasteiger charge is 2.20. The van der Waals surface area contributed by atoms with Gasteiger partial charge in [-0.1, -0.05) is 30.3 Å². The molecule has 5 nitrogen and oxygen atoms in total. The zero-order valence-corrected chi connectivity index (χ0v) is 16.6. The number of benzene rings is 2. The fraction of sp³-hybridized carbons (Fsp3) is 0.182. The topological polar surface area (TPSA) is 64.6 Å². The van der Waals surface area contributed by atoms with Crippen LogP contribution in [0, 0.1) is 5.82 Å². The highest BCUT2D eigenvalue weighted by atomic mass is 32.1. The van der Waals surface area contributed by atoms with Gasteiger partial charge in [0.05, 0.1) is 12.6 Å². The number of nitrogens with one attached hydrogen (secondary N) is 1. The Hall–Kier alpha value is -3.19. The third kappa shape index (κ3) is 5.42. The number of thiophene rings is 1. The van der Waals surface area contributed by atoms with E-state index in [0.29, 0.717) is 12.4 Å². The van der Waals surface area contributed by atoms with Crippen LogP contribution in [0.5, 0.6) is 5.75 Å². The minimum absolute atomic E-state index is 0.260. The monoisotopic (exact) mass is 413 g/mol. The van der Waals surface area contributed by atoms with Gasteiger partial charge in [-0.25, -0.2) is 9.18 Å². The second-order valence-electron chi connectivity index (χ2n) is 6.07. The van der Waals surface area contributed by atoms with Gasteiger partial charge in [0, 0.05) is 4.88 Å². The van der Waals surface area contributed by atoms with Crippen LogP contribution in [0.4, 0.5) is 4.39 Å². The number of hydrogen-bond acceptors (Lipinski definition) is 5. The molecule has 1 heterocycles. The van der Waals surface area contributed by atoms with Crippen molar-refractivity contribution in [3.8, 4) is 5.75 Å². The van der Waals surface area contributed by atoms with Gasteiger partial charge in [-0.3, -0.25) is 4.79 Å². The summed E-state index contributed by atoms with van der Waals surface area (Å²) in [7, 11) is 0. The number of halogens is 1. The van der Waals surface area contributed by atoms with Crippen LogP contribution in [-0.4, -0.2) is 25.1 Å². The molecule has 0 spiro atoms. The molecule has 0 aliphatic heterocycles. The average Bonchev–Trinajstić information content (AvgIpc) is 3.26. The Morgan fingerprint density at radius 2 is 1.83 bits per heavy atom. The maximum Gasteiger partial charge on any atom is 0.342 e. The number of esters is 1. The summed E-state index contributed by atoms with van der Waals surface area (Å²) in [6.45, 7) is 1.78. The lowest BCUT2D eigenvalue weighted by Crippen LogP contribution is -2.32. The fourth-order valence-corrected chi connectivity index (χ4v) is 3.56. The van der Waals surface area contributed by atoms with Crippen LogP contribution in [0.1, 0.15) is 33.8 Å². The molecule has 1 amide bonds. The van der Waals surface area contributed by atoms with Gasteiger partial charge in [0.2, 0.25) is 0 Å². The highest BCUT2D eigenvalue weighted by Crippen LogP contribution is 2.26. The number of amides is 1. The molecule has 0 fully saturated rings. The van der Waals surface area contributed by atoms with Crippen molar-refractivity contribution < 1.29 is 23.5 Å². The first-order chi connectivity index (χ1) is 14.1. The summed E-state index contributed by atoms with van der Waals surface area (Å²) in [5.74, 6) is -1.05. The van der Waals surface area contributed by atoms with Crippen LogP contribution in [0.3, 0.4) is 0 Å². The summed E-state index contributed by atoms with van der Waals surface area (Å²) < 4.78 is 23.8. The third-order valence-corrected chi connectivity index (χ3v) is 5.01. The van der Waals surface area contributed by atoms with Gasteiger partial charge in [-0.15, -0.1) is 11.3 Å². The smallest absolute Gasteiger partial charge is 0.342 e. The molecule has 0 radical (unpaired) electrons. The van der Waals surface area contributed by atoms with Crippen LogP contribution in [0.2, 0.25) is 0 Å². The second-order valence-corrected chi connectivity index (χ2v) is 7.05. The number of hydrogen-bond donors (Lipinski definition) is 1. The molecule has 0 saturated carbocycles. The maximum atomic E-state index is 13.3. The van der Waals surface area contributed by atoms with Crippen LogP contribution >= 0.6 is 11.3 Å². The van der Waals surface area contributed by atoms with E-state index in [-0.39, 0.29) is 11.4 Å². The predicted octanol–water partition coefficient (Wildman–Crippen LogP) is 4.35. The molecule has 1 atom stereocenters. The lowest BCUT2D eigenvalue weighted by molar-refractivity contribution is -0.124. The van der Waals surface area contributed by atoms with Crippen molar-refractivity contribution in [3.63, 3.8) is 0 Å². The van der Waals surface area contributed by atoms with Crippen molar-refractivity contribution in [3.05, 3.63) is 87.9 Å². The van der Waals surface area contributed by atoms with Gasteiger partial charge < -0.3 is 14.8 Å². The summed E-state index contributed by atoms with van der Waals surface area (Å²) >= 11 is 1.47. The van der Waals surface area contributed by atoms with E-state index in [4.69, 9.17) is 9.47 Å². The number of carbonyl (C=O) groups excluding carboxylic acids is 2. The van der Waals surface area contributed by atoms with Crippen LogP contribution < -0.4 is 10.1 Å². The fourth-order valence-electron chi connectivity index (χ4n) is 2.76. The maximum absolute atomic E-state index is 13.3. The molecule has 2 aromatic carbocycles. The Morgan fingerprint density at radius 1 is 1.07 bits per heavy atom. The van der Waals surface area contributed by atoms with E-state index in [0.717, 1.165) is 10.4 Å². The van der Waals surface area contributed by atoms with Gasteiger partial charge in [0.25, 0.3) is 5.91 Å². The normalized spacial score (nSPS) is 11.5. The van der Waals surface area contributed by atoms with E-state index in [1.807, 2.05) is 24.4 Å². The number of rotatable bonds is 8. The molecule has 0 unspecified atom stereocenters. The largest absolute Gasteiger partial charge is 0.493 e. The average molecular weight is 413 g/mol. The Labute approximate surface area is 172 Å². The third-order valence-electron chi connectivity index (χ3n) is 4.08. The van der Waals surface area contributed by atoms with Crippen molar-refractivity contribution in [1.82, 2.24) is 5.32 Å². The van der Waals surface area contributed by atoms with Crippen molar-refractivity contribution in [2.24, 2.45) is 0 Å². The lowest BCUT2D eigenvalue weighted by atomic mass is 10.1. The minimum atomic E-state index is -0.640. The van der Waals surface area contributed by atoms with Gasteiger partial charge in [-0.05, 0) is 48.2 Å². The number of para-hydroxylation sites is 1. The predicted molar refractivity (Wildman–Crippen MR) is 109 cm³/mol. The van der Waals surface area contributed by atoms with Gasteiger partial charge >= 0.3 is 5.97 Å². The summed E-state index contributed by atoms with van der Waals surface area (Å²) in [5, 5.41) is 4.73. The number of carbonyl (C=O) groups is 2. The summed E-state index contributed by atoms with van der Waals surface area (Å²) in [4.78, 5) is 25.7. The minimum Gasteiger partial charge on any atom is -0.493 e. The Balaban J connectivity index is 1.66. The molecule has 7 heteroatoms. The van der Waals surface area contributed by atoms with Gasteiger partial charge in [0.15, 0.2) is 6.61 Å². The van der Waals surface area contributed by atoms with E-state index in [1.54, 1.807) is 36.4 Å². The quantitative estimate of drug-likeness (QED) is 0.558. The summed E-state index contributed by atoms with van der Waals surface area (Å²) in [6.07, 6.45) is 0. The molecule has 3 rings (SSSR count). The summed E-state index contributed by atoms with van der Waals surface area (Å²) in [6, 6.07) is 15.9. The summed E-state index contributed by atoms with van der Waals surface area (Å²) in [5.41, 5.74) is 0.991. The first kappa shape index (κ1) is 20.5. The van der Waals surface area contributed by atoms with Gasteiger partial charge in [0.1, 0.15) is 17.1 Å². The first-order valence-corrected chi connectivity index (χ1v) is 9.93. The molecule has 29 heavy (non-hydrogen) atoms. The molecular formula is C22H20FNO4S. The Bertz CT molecular complexity index is 957. The van der Waals surface area contributed by atoms with Gasteiger partial charge in [-0.2, -0.15) is 0 Å². The molecule has 0 aliphatic rings. The molecule has 0 saturated heterocycles. The zero-order valence-electron chi connectivity index (χ0n) is 15.8. The lowest BCUT2D eigenvalue weighted by Gasteiger charge is -2.18. The van der Waals surface area contributed by atoms with Crippen molar-refractivity contribution in [2.75, 3.05) is 13.2 Å². The number of ether oxygens (including phenoxy) is 2. The van der Waals surface area contributed by atoms with E-state index < -0.39 is 24.5 Å². The standard InChI is InChI=1S/C22H20FNO4S/c1-2-27-18-7-4-3-6-17(18)22(26)28-14-20(25)24-21(19-8-5-13-29-19)15-9-11-16(23)12-10-15/h3-13,21H,2,14H2,1H3,(H,24,25)/t21-/m0/s1. The molecular weight excluding hydrogens is 393 g/mol. The molecule has 150 valence electrons. The Morgan fingerprint density at radius 3 is 2.52 bits per heavy atom. The van der Waals surface area contributed by atoms with E-state index >= 15 is 0 Å². The molecule has 1 aromatic heterocycles. The van der Waals surface area contributed by atoms with E-state index in [2.05, 4.69) is 5.32 Å². The highest BCUT2D eigenvalue weighted by molar-refractivity contribution is 7.10. The van der Waals surface area contributed by atoms with Crippen LogP contribution in [0.25, 0.3) is 0 Å². The van der Waals surface area contributed by atoms with Crippen LogP contribution in [0.15, 0.2) is 66.0 Å². The molecule has 0 aliphatic carbocycles. The van der Waals surface area contributed by atoms with Crippen molar-refractivity contribution in [1.29, 1.82) is 0 Å². The first-order valence-electron chi connectivity index (χ1n) is 9.05. The van der Waals surface area contributed by atoms with Crippen molar-refractivity contribution in [2.45, 2.75) is 13.0 Å². The van der Waals surface area contributed by atoms with E-state index in [1.165, 1.54) is 23.5 Å². The van der Waals surface area contributed by atoms with Crippen molar-refractivity contribution >= 4 is 23.2 Å². The molecule has 0 bridgehead atoms. The van der Waals surface area contributed by atoms with E-state index in [9.17, 15) is 14.0 Å². The molecule has 3 aromatic rings. The SMILES string of the molecule is CCOc1ccccc1C(=O)OCC(=O)N[C@@H](c1ccc(F)cc1)c1cccs1.